The Balaban J connectivity index is 1.46. The summed E-state index contributed by atoms with van der Waals surface area (Å²) in [4.78, 5) is 0. The van der Waals surface area contributed by atoms with Gasteiger partial charge in [-0.2, -0.15) is 0 Å². The van der Waals surface area contributed by atoms with Crippen LogP contribution in [-0.4, -0.2) is 58.1 Å². The van der Waals surface area contributed by atoms with Gasteiger partial charge in [-0.05, 0) is 47.4 Å². The van der Waals surface area contributed by atoms with Gasteiger partial charge in [0.1, 0.15) is 36.3 Å². The Morgan fingerprint density at radius 1 is 0.970 bits per heavy atom. The van der Waals surface area contributed by atoms with Gasteiger partial charge in [0.15, 0.2) is 0 Å². The molecule has 0 aromatic heterocycles. The van der Waals surface area contributed by atoms with Gasteiger partial charge in [-0.1, -0.05) is 54.8 Å². The van der Waals surface area contributed by atoms with Crippen LogP contribution in [0.25, 0.3) is 0 Å². The van der Waals surface area contributed by atoms with Gasteiger partial charge >= 0.3 is 0 Å². The summed E-state index contributed by atoms with van der Waals surface area (Å²) in [6.45, 7) is 0.00689. The molecule has 5 rings (SSSR count). The molecule has 7 heteroatoms. The number of fused-ring (bicyclic) bond motifs is 1. The fraction of sp³-hybridized carbons (Fsp3) is 0.538. The summed E-state index contributed by atoms with van der Waals surface area (Å²) >= 11 is 6.74. The molecule has 0 spiro atoms. The van der Waals surface area contributed by atoms with Gasteiger partial charge in [-0.25, -0.2) is 0 Å². The van der Waals surface area contributed by atoms with Crippen LogP contribution in [0.3, 0.4) is 0 Å². The molecule has 2 aromatic rings. The molecule has 3 aliphatic rings. The molecule has 1 aliphatic carbocycles. The fourth-order valence-electron chi connectivity index (χ4n) is 5.54. The van der Waals surface area contributed by atoms with Crippen LogP contribution in [-0.2, 0) is 17.6 Å². The normalized spacial score (nSPS) is 29.8. The first kappa shape index (κ1) is 23.1. The van der Waals surface area contributed by atoms with Crippen molar-refractivity contribution in [2.75, 3.05) is 13.2 Å². The molecule has 5 atom stereocenters. The number of hydrogen-bond acceptors (Lipinski definition) is 6. The molecule has 0 bridgehead atoms. The summed E-state index contributed by atoms with van der Waals surface area (Å²) in [6.07, 6.45) is 0.288. The van der Waals surface area contributed by atoms with Crippen molar-refractivity contribution in [3.8, 4) is 5.75 Å². The third-order valence-corrected chi connectivity index (χ3v) is 7.85. The Bertz CT molecular complexity index is 985. The predicted molar refractivity (Wildman–Crippen MR) is 124 cm³/mol. The first-order chi connectivity index (χ1) is 16.0. The van der Waals surface area contributed by atoms with Crippen molar-refractivity contribution in [1.29, 1.82) is 0 Å². The Kier molecular flexibility index (Phi) is 6.67. The van der Waals surface area contributed by atoms with Crippen LogP contribution in [0.2, 0.25) is 5.02 Å². The minimum Gasteiger partial charge on any atom is -0.491 e. The van der Waals surface area contributed by atoms with Crippen molar-refractivity contribution in [2.24, 2.45) is 0 Å². The van der Waals surface area contributed by atoms with E-state index in [9.17, 15) is 20.4 Å². The van der Waals surface area contributed by atoms with E-state index in [0.717, 1.165) is 16.7 Å². The highest BCUT2D eigenvalue weighted by Gasteiger charge is 2.45. The van der Waals surface area contributed by atoms with Gasteiger partial charge in [-0.15, -0.1) is 0 Å². The summed E-state index contributed by atoms with van der Waals surface area (Å²) in [5, 5.41) is 41.3. The Morgan fingerprint density at radius 2 is 1.70 bits per heavy atom. The summed E-state index contributed by atoms with van der Waals surface area (Å²) < 4.78 is 11.7. The van der Waals surface area contributed by atoms with Crippen LogP contribution in [0.1, 0.15) is 65.5 Å². The van der Waals surface area contributed by atoms with Gasteiger partial charge in [0.05, 0.1) is 18.2 Å². The quantitative estimate of drug-likeness (QED) is 0.531. The molecule has 0 unspecified atom stereocenters. The van der Waals surface area contributed by atoms with Gasteiger partial charge in [0.25, 0.3) is 0 Å². The lowest BCUT2D eigenvalue weighted by molar-refractivity contribution is -0.231. The molecule has 0 amide bonds. The zero-order valence-corrected chi connectivity index (χ0v) is 19.2. The topological polar surface area (TPSA) is 99.4 Å². The summed E-state index contributed by atoms with van der Waals surface area (Å²) in [7, 11) is 0. The van der Waals surface area contributed by atoms with E-state index in [1.807, 2.05) is 6.07 Å². The van der Waals surface area contributed by atoms with Gasteiger partial charge in [-0.3, -0.25) is 0 Å². The molecule has 178 valence electrons. The minimum absolute atomic E-state index is 0.464. The van der Waals surface area contributed by atoms with Crippen molar-refractivity contribution in [2.45, 2.75) is 75.0 Å². The molecule has 1 saturated heterocycles. The molecular formula is C26H31ClO6. The van der Waals surface area contributed by atoms with E-state index in [2.05, 4.69) is 24.3 Å². The Hall–Kier alpha value is -1.67. The molecule has 2 fully saturated rings. The standard InChI is InChI=1S/C26H31ClO6/c27-21-17(11-14-5-7-16(8-6-14)15-3-1-2-4-15)12-19(18-9-10-32-25(18)21)26-24(31)23(30)22(29)20(13-28)33-26/h5-8,12,15,20,22-24,26,28-31H,1-4,9-11,13H2/t20-,22-,23+,24-,26+/m1/s1. The van der Waals surface area contributed by atoms with E-state index in [4.69, 9.17) is 21.1 Å². The molecule has 0 radical (unpaired) electrons. The van der Waals surface area contributed by atoms with Gasteiger partial charge in [0, 0.05) is 12.0 Å². The first-order valence-electron chi connectivity index (χ1n) is 11.8. The molecule has 2 aromatic carbocycles. The smallest absolute Gasteiger partial charge is 0.141 e. The van der Waals surface area contributed by atoms with Crippen molar-refractivity contribution in [3.63, 3.8) is 0 Å². The SMILES string of the molecule is OC[C@H]1O[C@@H](c2cc(Cc3ccc(C4CCCC4)cc3)c(Cl)c3c2CCO3)[C@H](O)[C@@H](O)[C@@H]1O. The number of aliphatic hydroxyl groups is 4. The fourth-order valence-corrected chi connectivity index (χ4v) is 5.83. The van der Waals surface area contributed by atoms with Gasteiger partial charge in [0.2, 0.25) is 0 Å². The van der Waals surface area contributed by atoms with E-state index >= 15 is 0 Å². The summed E-state index contributed by atoms with van der Waals surface area (Å²) in [5.41, 5.74) is 4.88. The highest BCUT2D eigenvalue weighted by molar-refractivity contribution is 6.33. The second-order valence-electron chi connectivity index (χ2n) is 9.49. The molecule has 6 nitrogen and oxygen atoms in total. The first-order valence-corrected chi connectivity index (χ1v) is 12.2. The molecule has 4 N–H and O–H groups in total. The van der Waals surface area contributed by atoms with E-state index in [-0.39, 0.29) is 0 Å². The number of halogens is 1. The zero-order chi connectivity index (χ0) is 23.1. The lowest BCUT2D eigenvalue weighted by atomic mass is 9.87. The number of hydrogen-bond donors (Lipinski definition) is 4. The maximum Gasteiger partial charge on any atom is 0.141 e. The van der Waals surface area contributed by atoms with Crippen LogP contribution in [0.4, 0.5) is 0 Å². The third-order valence-electron chi connectivity index (χ3n) is 7.43. The summed E-state index contributed by atoms with van der Waals surface area (Å²) in [6, 6.07) is 10.6. The molecular weight excluding hydrogens is 444 g/mol. The van der Waals surface area contributed by atoms with Crippen LogP contribution >= 0.6 is 11.6 Å². The maximum absolute atomic E-state index is 10.7. The van der Waals surface area contributed by atoms with Crippen molar-refractivity contribution < 1.29 is 29.9 Å². The minimum atomic E-state index is -1.43. The summed E-state index contributed by atoms with van der Waals surface area (Å²) in [5.74, 6) is 1.25. The average Bonchev–Trinajstić information content (AvgIpc) is 3.53. The Morgan fingerprint density at radius 3 is 2.39 bits per heavy atom. The second-order valence-corrected chi connectivity index (χ2v) is 9.87. The van der Waals surface area contributed by atoms with Crippen LogP contribution in [0.5, 0.6) is 5.75 Å². The highest BCUT2D eigenvalue weighted by atomic mass is 35.5. The number of aliphatic hydroxyl groups excluding tert-OH is 4. The van der Waals surface area contributed by atoms with E-state index in [1.54, 1.807) is 0 Å². The van der Waals surface area contributed by atoms with Gasteiger partial charge < -0.3 is 29.9 Å². The lowest BCUT2D eigenvalue weighted by Crippen LogP contribution is -2.55. The highest BCUT2D eigenvalue weighted by Crippen LogP contribution is 2.44. The monoisotopic (exact) mass is 474 g/mol. The second kappa shape index (κ2) is 9.53. The maximum atomic E-state index is 10.7. The zero-order valence-electron chi connectivity index (χ0n) is 18.5. The van der Waals surface area contributed by atoms with Crippen LogP contribution in [0.15, 0.2) is 30.3 Å². The van der Waals surface area contributed by atoms with Crippen molar-refractivity contribution in [3.05, 3.63) is 63.2 Å². The number of rotatable bonds is 5. The van der Waals surface area contributed by atoms with E-state index < -0.39 is 37.1 Å². The van der Waals surface area contributed by atoms with E-state index in [0.29, 0.717) is 41.7 Å². The molecule has 2 aliphatic heterocycles. The number of benzene rings is 2. The number of ether oxygens (including phenoxy) is 2. The van der Waals surface area contributed by atoms with Crippen LogP contribution < -0.4 is 4.74 Å². The molecule has 33 heavy (non-hydrogen) atoms. The predicted octanol–water partition coefficient (Wildman–Crippen LogP) is 3.04. The van der Waals surface area contributed by atoms with Crippen LogP contribution in [0, 0.1) is 0 Å². The van der Waals surface area contributed by atoms with E-state index in [1.165, 1.54) is 31.2 Å². The lowest BCUT2D eigenvalue weighted by Gasteiger charge is -2.40. The Labute approximate surface area is 198 Å². The molecule has 2 heterocycles. The molecule has 1 saturated carbocycles. The average molecular weight is 475 g/mol. The largest absolute Gasteiger partial charge is 0.491 e. The van der Waals surface area contributed by atoms with Crippen molar-refractivity contribution in [1.82, 2.24) is 0 Å². The van der Waals surface area contributed by atoms with Crippen molar-refractivity contribution >= 4 is 11.6 Å². The third kappa shape index (κ3) is 4.29.